The highest BCUT2D eigenvalue weighted by molar-refractivity contribution is 6.06. The predicted molar refractivity (Wildman–Crippen MR) is 88.3 cm³/mol. The lowest BCUT2D eigenvalue weighted by molar-refractivity contribution is -0.124. The molecule has 26 heavy (non-hydrogen) atoms. The largest absolute Gasteiger partial charge is 0.435 e. The van der Waals surface area contributed by atoms with Crippen LogP contribution in [-0.4, -0.2) is 55.4 Å². The van der Waals surface area contributed by atoms with Crippen molar-refractivity contribution >= 4 is 11.8 Å². The SMILES string of the molecule is CN1CC2=C(C1=O)C(c1ccccc1OC(F)F)C1=C(CN(C)C1=O)N2. The molecule has 0 radical (unpaired) electrons. The van der Waals surface area contributed by atoms with Gasteiger partial charge < -0.3 is 19.9 Å². The van der Waals surface area contributed by atoms with Crippen LogP contribution in [0.2, 0.25) is 0 Å². The van der Waals surface area contributed by atoms with Gasteiger partial charge >= 0.3 is 6.61 Å². The van der Waals surface area contributed by atoms with E-state index in [1.54, 1.807) is 32.3 Å². The van der Waals surface area contributed by atoms with Crippen molar-refractivity contribution in [2.24, 2.45) is 0 Å². The number of dihydropyridines is 1. The van der Waals surface area contributed by atoms with Gasteiger partial charge in [0.05, 0.1) is 30.2 Å². The minimum Gasteiger partial charge on any atom is -0.435 e. The van der Waals surface area contributed by atoms with Gasteiger partial charge in [-0.2, -0.15) is 8.78 Å². The Bertz CT molecular complexity index is 834. The van der Waals surface area contributed by atoms with Crippen molar-refractivity contribution in [3.05, 3.63) is 52.4 Å². The Morgan fingerprint density at radius 3 is 2.12 bits per heavy atom. The monoisotopic (exact) mass is 361 g/mol. The van der Waals surface area contributed by atoms with Crippen molar-refractivity contribution in [1.82, 2.24) is 15.1 Å². The first kappa shape index (κ1) is 16.6. The molecule has 6 nitrogen and oxygen atoms in total. The van der Waals surface area contributed by atoms with Gasteiger partial charge in [-0.15, -0.1) is 0 Å². The molecule has 0 aromatic heterocycles. The van der Waals surface area contributed by atoms with Gasteiger partial charge in [-0.25, -0.2) is 0 Å². The quantitative estimate of drug-likeness (QED) is 0.885. The number of para-hydroxylation sites is 1. The molecule has 4 rings (SSSR count). The van der Waals surface area contributed by atoms with Crippen molar-refractivity contribution in [2.45, 2.75) is 12.5 Å². The third-order valence-corrected chi connectivity index (χ3v) is 4.92. The smallest absolute Gasteiger partial charge is 0.387 e. The van der Waals surface area contributed by atoms with Crippen LogP contribution in [0.3, 0.4) is 0 Å². The average molecular weight is 361 g/mol. The van der Waals surface area contributed by atoms with Crippen LogP contribution in [0, 0.1) is 0 Å². The fourth-order valence-corrected chi connectivity index (χ4v) is 3.83. The van der Waals surface area contributed by atoms with Crippen LogP contribution in [0.15, 0.2) is 46.8 Å². The number of carbonyl (C=O) groups is 2. The number of hydrogen-bond acceptors (Lipinski definition) is 4. The van der Waals surface area contributed by atoms with Crippen LogP contribution >= 0.6 is 0 Å². The maximum absolute atomic E-state index is 12.9. The zero-order valence-electron chi connectivity index (χ0n) is 14.3. The molecule has 0 aliphatic carbocycles. The first-order valence-electron chi connectivity index (χ1n) is 8.16. The highest BCUT2D eigenvalue weighted by Gasteiger charge is 2.46. The Balaban J connectivity index is 1.89. The second kappa shape index (κ2) is 5.82. The Morgan fingerprint density at radius 2 is 1.58 bits per heavy atom. The summed E-state index contributed by atoms with van der Waals surface area (Å²) in [5.41, 5.74) is 2.63. The summed E-state index contributed by atoms with van der Waals surface area (Å²) in [6.45, 7) is -2.22. The number of benzene rings is 1. The molecule has 0 fully saturated rings. The summed E-state index contributed by atoms with van der Waals surface area (Å²) in [6, 6.07) is 6.32. The molecular formula is C18H17F2N3O3. The molecule has 0 unspecified atom stereocenters. The van der Waals surface area contributed by atoms with Crippen LogP contribution in [0.1, 0.15) is 11.5 Å². The fourth-order valence-electron chi connectivity index (χ4n) is 3.83. The molecule has 0 spiro atoms. The van der Waals surface area contributed by atoms with E-state index in [9.17, 15) is 18.4 Å². The van der Waals surface area contributed by atoms with Gasteiger partial charge in [0.15, 0.2) is 0 Å². The molecule has 0 bridgehead atoms. The number of alkyl halides is 2. The number of nitrogens with one attached hydrogen (secondary N) is 1. The number of ether oxygens (including phenoxy) is 1. The zero-order chi connectivity index (χ0) is 18.6. The van der Waals surface area contributed by atoms with E-state index in [0.717, 1.165) is 0 Å². The summed E-state index contributed by atoms with van der Waals surface area (Å²) in [5, 5.41) is 3.20. The Labute approximate surface area is 148 Å². The number of halogens is 2. The van der Waals surface area contributed by atoms with E-state index >= 15 is 0 Å². The summed E-state index contributed by atoms with van der Waals surface area (Å²) in [6.07, 6.45) is 0. The van der Waals surface area contributed by atoms with E-state index in [1.165, 1.54) is 15.9 Å². The second-order valence-corrected chi connectivity index (χ2v) is 6.58. The molecule has 3 heterocycles. The Hall–Kier alpha value is -2.90. The lowest BCUT2D eigenvalue weighted by Gasteiger charge is -2.27. The maximum Gasteiger partial charge on any atom is 0.387 e. The standard InChI is InChI=1S/C18H17F2N3O3/c1-22-7-10-14(16(22)24)13(15-11(21-10)8-23(2)17(15)25)9-5-3-4-6-12(9)26-18(19)20/h3-6,13,18,21H,7-8H2,1-2H3. The minimum absolute atomic E-state index is 0.0298. The first-order valence-corrected chi connectivity index (χ1v) is 8.16. The molecule has 1 N–H and O–H groups in total. The van der Waals surface area contributed by atoms with Crippen molar-refractivity contribution in [3.8, 4) is 5.75 Å². The van der Waals surface area contributed by atoms with Crippen molar-refractivity contribution < 1.29 is 23.1 Å². The van der Waals surface area contributed by atoms with Crippen LogP contribution in [0.25, 0.3) is 0 Å². The highest BCUT2D eigenvalue weighted by Crippen LogP contribution is 2.46. The third-order valence-electron chi connectivity index (χ3n) is 4.92. The van der Waals surface area contributed by atoms with Crippen LogP contribution in [0.4, 0.5) is 8.78 Å². The Morgan fingerprint density at radius 1 is 1.04 bits per heavy atom. The van der Waals surface area contributed by atoms with Crippen LogP contribution in [-0.2, 0) is 9.59 Å². The molecule has 0 saturated heterocycles. The lowest BCUT2D eigenvalue weighted by atomic mass is 9.80. The summed E-state index contributed by atoms with van der Waals surface area (Å²) < 4.78 is 30.4. The molecule has 8 heteroatoms. The van der Waals surface area contributed by atoms with E-state index < -0.39 is 12.5 Å². The van der Waals surface area contributed by atoms with Crippen LogP contribution < -0.4 is 10.1 Å². The minimum atomic E-state index is -3.00. The van der Waals surface area contributed by atoms with E-state index in [-0.39, 0.29) is 17.6 Å². The molecule has 1 aromatic carbocycles. The number of nitrogens with zero attached hydrogens (tertiary/aromatic N) is 2. The van der Waals surface area contributed by atoms with Crippen molar-refractivity contribution in [1.29, 1.82) is 0 Å². The molecule has 1 aromatic rings. The third kappa shape index (κ3) is 2.36. The van der Waals surface area contributed by atoms with Gasteiger partial charge in [0.25, 0.3) is 11.8 Å². The number of carbonyl (C=O) groups excluding carboxylic acids is 2. The van der Waals surface area contributed by atoms with Crippen molar-refractivity contribution in [2.75, 3.05) is 27.2 Å². The molecule has 136 valence electrons. The molecule has 3 aliphatic heterocycles. The molecule has 0 saturated carbocycles. The van der Waals surface area contributed by atoms with E-state index in [0.29, 0.717) is 41.2 Å². The fraction of sp³-hybridized carbons (Fsp3) is 0.333. The number of amides is 2. The van der Waals surface area contributed by atoms with E-state index in [4.69, 9.17) is 0 Å². The summed E-state index contributed by atoms with van der Waals surface area (Å²) in [7, 11) is 3.33. The zero-order valence-corrected chi connectivity index (χ0v) is 14.3. The van der Waals surface area contributed by atoms with Crippen molar-refractivity contribution in [3.63, 3.8) is 0 Å². The predicted octanol–water partition coefficient (Wildman–Crippen LogP) is 1.43. The van der Waals surface area contributed by atoms with Gasteiger partial charge in [0, 0.05) is 31.1 Å². The summed E-state index contributed by atoms with van der Waals surface area (Å²) >= 11 is 0. The van der Waals surface area contributed by atoms with E-state index in [1.807, 2.05) is 0 Å². The van der Waals surface area contributed by atoms with Crippen LogP contribution in [0.5, 0.6) is 5.75 Å². The topological polar surface area (TPSA) is 61.9 Å². The van der Waals surface area contributed by atoms with E-state index in [2.05, 4.69) is 10.1 Å². The highest BCUT2D eigenvalue weighted by atomic mass is 19.3. The number of hydrogen-bond donors (Lipinski definition) is 1. The average Bonchev–Trinajstić information content (AvgIpc) is 3.02. The normalized spacial score (nSPS) is 20.2. The van der Waals surface area contributed by atoms with Gasteiger partial charge in [-0.3, -0.25) is 9.59 Å². The molecule has 3 aliphatic rings. The Kier molecular flexibility index (Phi) is 3.71. The van der Waals surface area contributed by atoms with Gasteiger partial charge in [-0.1, -0.05) is 18.2 Å². The van der Waals surface area contributed by atoms with Gasteiger partial charge in [0.1, 0.15) is 5.75 Å². The number of rotatable bonds is 3. The first-order chi connectivity index (χ1) is 12.4. The molecule has 0 atom stereocenters. The molecule has 2 amide bonds. The summed E-state index contributed by atoms with van der Waals surface area (Å²) in [5.74, 6) is -1.21. The number of likely N-dealkylation sites (N-methyl/N-ethyl adjacent to an activating group) is 2. The van der Waals surface area contributed by atoms with Gasteiger partial charge in [0.2, 0.25) is 0 Å². The summed E-state index contributed by atoms with van der Waals surface area (Å²) in [4.78, 5) is 28.5. The lowest BCUT2D eigenvalue weighted by Crippen LogP contribution is -2.28. The molecular weight excluding hydrogens is 344 g/mol. The maximum atomic E-state index is 12.9. The van der Waals surface area contributed by atoms with Gasteiger partial charge in [-0.05, 0) is 6.07 Å². The second-order valence-electron chi connectivity index (χ2n) is 6.58.